The first-order chi connectivity index (χ1) is 16.1. The Bertz CT molecular complexity index is 1260. The lowest BCUT2D eigenvalue weighted by Gasteiger charge is -2.12. The number of anilines is 2. The molecular weight excluding hydrogens is 414 g/mol. The Labute approximate surface area is 192 Å². The molecule has 0 aliphatic heterocycles. The van der Waals surface area contributed by atoms with E-state index in [1.165, 1.54) is 0 Å². The van der Waals surface area contributed by atoms with Gasteiger partial charge >= 0.3 is 0 Å². The van der Waals surface area contributed by atoms with E-state index >= 15 is 0 Å². The van der Waals surface area contributed by atoms with Gasteiger partial charge in [0.25, 0.3) is 11.8 Å². The van der Waals surface area contributed by atoms with E-state index in [0.29, 0.717) is 34.9 Å². The van der Waals surface area contributed by atoms with Crippen LogP contribution in [0.3, 0.4) is 0 Å². The molecule has 0 aliphatic carbocycles. The first-order valence-electron chi connectivity index (χ1n) is 10.5. The minimum Gasteiger partial charge on any atom is -0.489 e. The maximum absolute atomic E-state index is 12.9. The first-order valence-corrected chi connectivity index (χ1v) is 10.5. The standard InChI is InChI=1S/C27H23N3O3/c1-19-12-13-23(29-26(31)21-8-3-2-4-9-21)16-25(19)30-27(32)22-10-5-11-24(15-22)33-18-20-7-6-14-28-17-20/h2-17H,18H2,1H3,(H,29,31)(H,30,32). The fourth-order valence-corrected chi connectivity index (χ4v) is 3.20. The van der Waals surface area contributed by atoms with Gasteiger partial charge in [0.05, 0.1) is 0 Å². The molecule has 0 saturated heterocycles. The summed E-state index contributed by atoms with van der Waals surface area (Å²) in [6.45, 7) is 2.26. The normalized spacial score (nSPS) is 10.3. The van der Waals surface area contributed by atoms with E-state index < -0.39 is 0 Å². The zero-order valence-electron chi connectivity index (χ0n) is 18.1. The van der Waals surface area contributed by atoms with Crippen LogP contribution in [0.1, 0.15) is 31.8 Å². The van der Waals surface area contributed by atoms with E-state index in [1.807, 2.05) is 43.3 Å². The van der Waals surface area contributed by atoms with Gasteiger partial charge in [0.2, 0.25) is 0 Å². The number of hydrogen-bond donors (Lipinski definition) is 2. The molecule has 0 bridgehead atoms. The van der Waals surface area contributed by atoms with E-state index in [-0.39, 0.29) is 11.8 Å². The Hall–Kier alpha value is -4.45. The number of benzene rings is 3. The molecule has 0 atom stereocenters. The van der Waals surface area contributed by atoms with Gasteiger partial charge in [-0.3, -0.25) is 14.6 Å². The summed E-state index contributed by atoms with van der Waals surface area (Å²) < 4.78 is 5.79. The van der Waals surface area contributed by atoms with Crippen molar-refractivity contribution in [2.45, 2.75) is 13.5 Å². The average Bonchev–Trinajstić information content (AvgIpc) is 2.86. The van der Waals surface area contributed by atoms with Gasteiger partial charge < -0.3 is 15.4 Å². The van der Waals surface area contributed by atoms with E-state index in [2.05, 4.69) is 15.6 Å². The number of carbonyl (C=O) groups excluding carboxylic acids is 2. The topological polar surface area (TPSA) is 80.3 Å². The number of rotatable bonds is 7. The van der Waals surface area contributed by atoms with E-state index in [4.69, 9.17) is 4.74 Å². The summed E-state index contributed by atoms with van der Waals surface area (Å²) in [6, 6.07) is 25.1. The zero-order chi connectivity index (χ0) is 23.0. The highest BCUT2D eigenvalue weighted by Crippen LogP contribution is 2.23. The van der Waals surface area contributed by atoms with Crippen molar-refractivity contribution in [2.75, 3.05) is 10.6 Å². The third-order valence-corrected chi connectivity index (χ3v) is 5.00. The van der Waals surface area contributed by atoms with Crippen molar-refractivity contribution in [1.29, 1.82) is 0 Å². The van der Waals surface area contributed by atoms with Gasteiger partial charge in [-0.15, -0.1) is 0 Å². The first kappa shape index (κ1) is 21.8. The number of amides is 2. The highest BCUT2D eigenvalue weighted by Gasteiger charge is 2.11. The predicted octanol–water partition coefficient (Wildman–Crippen LogP) is 5.47. The van der Waals surface area contributed by atoms with Crippen LogP contribution in [0.2, 0.25) is 0 Å². The predicted molar refractivity (Wildman–Crippen MR) is 129 cm³/mol. The number of nitrogens with one attached hydrogen (secondary N) is 2. The van der Waals surface area contributed by atoms with Gasteiger partial charge in [0, 0.05) is 40.5 Å². The monoisotopic (exact) mass is 437 g/mol. The lowest BCUT2D eigenvalue weighted by Crippen LogP contribution is -2.15. The Balaban J connectivity index is 1.43. The minimum absolute atomic E-state index is 0.213. The smallest absolute Gasteiger partial charge is 0.255 e. The number of hydrogen-bond acceptors (Lipinski definition) is 4. The second-order valence-electron chi connectivity index (χ2n) is 7.48. The Morgan fingerprint density at radius 2 is 1.61 bits per heavy atom. The number of aryl methyl sites for hydroxylation is 1. The summed E-state index contributed by atoms with van der Waals surface area (Å²) in [4.78, 5) is 29.4. The Morgan fingerprint density at radius 3 is 2.39 bits per heavy atom. The van der Waals surface area contributed by atoms with Gasteiger partial charge in [-0.1, -0.05) is 36.4 Å². The molecule has 164 valence electrons. The van der Waals surface area contributed by atoms with Crippen LogP contribution in [0.5, 0.6) is 5.75 Å². The number of carbonyl (C=O) groups is 2. The van der Waals surface area contributed by atoms with Crippen LogP contribution in [0.15, 0.2) is 97.3 Å². The van der Waals surface area contributed by atoms with Crippen molar-refractivity contribution in [3.8, 4) is 5.75 Å². The Kier molecular flexibility index (Phi) is 6.75. The number of ether oxygens (including phenoxy) is 1. The molecule has 6 heteroatoms. The summed E-state index contributed by atoms with van der Waals surface area (Å²) in [5.74, 6) is 0.110. The Morgan fingerprint density at radius 1 is 0.818 bits per heavy atom. The van der Waals surface area contributed by atoms with Crippen molar-refractivity contribution < 1.29 is 14.3 Å². The molecule has 0 aliphatic rings. The summed E-state index contributed by atoms with van der Waals surface area (Å²) in [5, 5.41) is 5.79. The van der Waals surface area contributed by atoms with Gasteiger partial charge in [0.1, 0.15) is 12.4 Å². The quantitative estimate of drug-likeness (QED) is 0.402. The second-order valence-corrected chi connectivity index (χ2v) is 7.48. The molecule has 6 nitrogen and oxygen atoms in total. The molecule has 0 spiro atoms. The maximum Gasteiger partial charge on any atom is 0.255 e. The SMILES string of the molecule is Cc1ccc(NC(=O)c2ccccc2)cc1NC(=O)c1cccc(OCc2cccnc2)c1. The summed E-state index contributed by atoms with van der Waals surface area (Å²) >= 11 is 0. The van der Waals surface area contributed by atoms with Gasteiger partial charge in [-0.05, 0) is 61.0 Å². The molecule has 0 unspecified atom stereocenters. The molecular formula is C27H23N3O3. The van der Waals surface area contributed by atoms with E-state index in [1.54, 1.807) is 60.9 Å². The molecule has 4 rings (SSSR count). The fourth-order valence-electron chi connectivity index (χ4n) is 3.20. The third kappa shape index (κ3) is 5.83. The van der Waals surface area contributed by atoms with Gasteiger partial charge in [-0.2, -0.15) is 0 Å². The lowest BCUT2D eigenvalue weighted by atomic mass is 10.1. The maximum atomic E-state index is 12.9. The van der Waals surface area contributed by atoms with Crippen molar-refractivity contribution >= 4 is 23.2 Å². The van der Waals surface area contributed by atoms with Gasteiger partial charge in [-0.25, -0.2) is 0 Å². The van der Waals surface area contributed by atoms with Crippen LogP contribution in [0.25, 0.3) is 0 Å². The van der Waals surface area contributed by atoms with Crippen molar-refractivity contribution in [3.05, 3.63) is 120 Å². The van der Waals surface area contributed by atoms with Crippen LogP contribution in [0, 0.1) is 6.92 Å². The average molecular weight is 437 g/mol. The molecule has 1 heterocycles. The van der Waals surface area contributed by atoms with Crippen LogP contribution >= 0.6 is 0 Å². The van der Waals surface area contributed by atoms with Crippen LogP contribution in [0.4, 0.5) is 11.4 Å². The molecule has 3 aromatic carbocycles. The minimum atomic E-state index is -0.267. The van der Waals surface area contributed by atoms with Crippen LogP contribution in [-0.4, -0.2) is 16.8 Å². The molecule has 2 N–H and O–H groups in total. The highest BCUT2D eigenvalue weighted by atomic mass is 16.5. The highest BCUT2D eigenvalue weighted by molar-refractivity contribution is 6.06. The molecule has 0 radical (unpaired) electrons. The second kappa shape index (κ2) is 10.2. The third-order valence-electron chi connectivity index (χ3n) is 5.00. The van der Waals surface area contributed by atoms with Gasteiger partial charge in [0.15, 0.2) is 0 Å². The summed E-state index contributed by atoms with van der Waals surface area (Å²) in [5.41, 5.74) is 4.07. The zero-order valence-corrected chi connectivity index (χ0v) is 18.1. The van der Waals surface area contributed by atoms with Crippen LogP contribution < -0.4 is 15.4 Å². The van der Waals surface area contributed by atoms with E-state index in [0.717, 1.165) is 11.1 Å². The van der Waals surface area contributed by atoms with E-state index in [9.17, 15) is 9.59 Å². The van der Waals surface area contributed by atoms with Crippen LogP contribution in [-0.2, 0) is 6.61 Å². The lowest BCUT2D eigenvalue weighted by molar-refractivity contribution is 0.101. The van der Waals surface area contributed by atoms with Crippen molar-refractivity contribution in [1.82, 2.24) is 4.98 Å². The molecule has 4 aromatic rings. The largest absolute Gasteiger partial charge is 0.489 e. The number of pyridine rings is 1. The van der Waals surface area contributed by atoms with Crippen molar-refractivity contribution in [3.63, 3.8) is 0 Å². The summed E-state index contributed by atoms with van der Waals surface area (Å²) in [6.07, 6.45) is 3.45. The molecule has 33 heavy (non-hydrogen) atoms. The fraction of sp³-hybridized carbons (Fsp3) is 0.0741. The molecule has 0 saturated carbocycles. The molecule has 0 fully saturated rings. The molecule has 2 amide bonds. The van der Waals surface area contributed by atoms with Crippen molar-refractivity contribution in [2.24, 2.45) is 0 Å². The summed E-state index contributed by atoms with van der Waals surface area (Å²) in [7, 11) is 0. The number of nitrogens with zero attached hydrogens (tertiary/aromatic N) is 1. The number of aromatic nitrogens is 1. The molecule has 1 aromatic heterocycles.